The van der Waals surface area contributed by atoms with E-state index in [4.69, 9.17) is 5.26 Å². The Labute approximate surface area is 146 Å². The van der Waals surface area contributed by atoms with E-state index in [1.165, 1.54) is 29.1 Å². The molecular formula is C17H23N5OS. The Morgan fingerprint density at radius 3 is 2.88 bits per heavy atom. The molecule has 7 heteroatoms. The quantitative estimate of drug-likeness (QED) is 0.870. The minimum atomic E-state index is -0.972. The van der Waals surface area contributed by atoms with Gasteiger partial charge in [0.1, 0.15) is 22.2 Å². The van der Waals surface area contributed by atoms with Crippen LogP contribution < -0.4 is 5.32 Å². The first-order chi connectivity index (χ1) is 11.5. The van der Waals surface area contributed by atoms with Crippen LogP contribution >= 0.6 is 11.3 Å². The van der Waals surface area contributed by atoms with E-state index in [1.807, 2.05) is 23.0 Å². The molecule has 0 spiro atoms. The van der Waals surface area contributed by atoms with Gasteiger partial charge in [0.15, 0.2) is 0 Å². The van der Waals surface area contributed by atoms with Crippen LogP contribution in [0.3, 0.4) is 0 Å². The second-order valence-electron chi connectivity index (χ2n) is 6.86. The Balaban J connectivity index is 1.69. The Morgan fingerprint density at radius 1 is 1.42 bits per heavy atom. The SMILES string of the molecule is CC(C)(O)c1cn([C@@H]2CCCC[C@@H]2NCc2ccc(C#N)s2)nn1. The molecule has 2 aromatic heterocycles. The second-order valence-corrected chi connectivity index (χ2v) is 8.03. The fraction of sp³-hybridized carbons (Fsp3) is 0.588. The van der Waals surface area contributed by atoms with Gasteiger partial charge in [-0.05, 0) is 38.8 Å². The Kier molecular flexibility index (Phi) is 4.99. The second kappa shape index (κ2) is 7.01. The molecule has 2 atom stereocenters. The van der Waals surface area contributed by atoms with Crippen molar-refractivity contribution < 1.29 is 5.11 Å². The number of hydrogen-bond donors (Lipinski definition) is 2. The fourth-order valence-electron chi connectivity index (χ4n) is 3.15. The first kappa shape index (κ1) is 17.1. The van der Waals surface area contributed by atoms with E-state index in [9.17, 15) is 5.11 Å². The van der Waals surface area contributed by atoms with E-state index in [0.717, 1.165) is 24.3 Å². The van der Waals surface area contributed by atoms with Gasteiger partial charge in [0.2, 0.25) is 0 Å². The summed E-state index contributed by atoms with van der Waals surface area (Å²) in [5, 5.41) is 31.0. The molecule has 2 heterocycles. The predicted molar refractivity (Wildman–Crippen MR) is 92.4 cm³/mol. The Hall–Kier alpha value is -1.75. The number of aromatic nitrogens is 3. The zero-order chi connectivity index (χ0) is 17.2. The molecule has 0 bridgehead atoms. The molecule has 2 N–H and O–H groups in total. The standard InChI is InChI=1S/C17H23N5OS/c1-17(2,23)16-11-22(21-20-16)15-6-4-3-5-14(15)19-10-13-8-7-12(9-18)24-13/h7-8,11,14-15,19,23H,3-6,10H2,1-2H3/t14-,15+/m0/s1. The third-order valence-electron chi connectivity index (χ3n) is 4.52. The smallest absolute Gasteiger partial charge is 0.114 e. The van der Waals surface area contributed by atoms with E-state index in [-0.39, 0.29) is 6.04 Å². The maximum absolute atomic E-state index is 10.1. The highest BCUT2D eigenvalue weighted by Crippen LogP contribution is 2.30. The van der Waals surface area contributed by atoms with Crippen molar-refractivity contribution in [3.63, 3.8) is 0 Å². The largest absolute Gasteiger partial charge is 0.384 e. The maximum Gasteiger partial charge on any atom is 0.114 e. The number of nitrogens with zero attached hydrogens (tertiary/aromatic N) is 4. The molecule has 24 heavy (non-hydrogen) atoms. The number of nitriles is 1. The van der Waals surface area contributed by atoms with Crippen molar-refractivity contribution in [3.8, 4) is 6.07 Å². The van der Waals surface area contributed by atoms with Crippen molar-refractivity contribution >= 4 is 11.3 Å². The molecule has 128 valence electrons. The molecule has 1 aliphatic carbocycles. The van der Waals surface area contributed by atoms with Crippen molar-refractivity contribution in [3.05, 3.63) is 33.8 Å². The van der Waals surface area contributed by atoms with Gasteiger partial charge < -0.3 is 10.4 Å². The topological polar surface area (TPSA) is 86.8 Å². The molecule has 0 radical (unpaired) electrons. The van der Waals surface area contributed by atoms with E-state index in [0.29, 0.717) is 11.7 Å². The number of rotatable bonds is 5. The van der Waals surface area contributed by atoms with Gasteiger partial charge in [0, 0.05) is 17.5 Å². The summed E-state index contributed by atoms with van der Waals surface area (Å²) in [7, 11) is 0. The first-order valence-electron chi connectivity index (χ1n) is 8.34. The van der Waals surface area contributed by atoms with Crippen molar-refractivity contribution in [1.82, 2.24) is 20.3 Å². The summed E-state index contributed by atoms with van der Waals surface area (Å²) in [5.74, 6) is 0. The van der Waals surface area contributed by atoms with E-state index < -0.39 is 5.60 Å². The first-order valence-corrected chi connectivity index (χ1v) is 9.16. The monoisotopic (exact) mass is 345 g/mol. The predicted octanol–water partition coefficient (Wildman–Crippen LogP) is 2.71. The molecule has 0 aliphatic heterocycles. The summed E-state index contributed by atoms with van der Waals surface area (Å²) < 4.78 is 1.90. The van der Waals surface area contributed by atoms with Crippen molar-refractivity contribution in [2.75, 3.05) is 0 Å². The molecule has 0 unspecified atom stereocenters. The highest BCUT2D eigenvalue weighted by atomic mass is 32.1. The summed E-state index contributed by atoms with van der Waals surface area (Å²) in [6, 6.07) is 6.63. The lowest BCUT2D eigenvalue weighted by atomic mass is 9.90. The lowest BCUT2D eigenvalue weighted by Crippen LogP contribution is -2.39. The summed E-state index contributed by atoms with van der Waals surface area (Å²) in [6.45, 7) is 4.21. The maximum atomic E-state index is 10.1. The normalized spacial score (nSPS) is 21.6. The number of nitrogens with one attached hydrogen (secondary N) is 1. The molecule has 0 amide bonds. The molecule has 1 aliphatic rings. The zero-order valence-electron chi connectivity index (χ0n) is 14.1. The van der Waals surface area contributed by atoms with E-state index in [2.05, 4.69) is 21.7 Å². The van der Waals surface area contributed by atoms with Crippen LogP contribution in [0.5, 0.6) is 0 Å². The molecule has 6 nitrogen and oxygen atoms in total. The van der Waals surface area contributed by atoms with E-state index >= 15 is 0 Å². The van der Waals surface area contributed by atoms with Crippen LogP contribution in [0, 0.1) is 11.3 Å². The minimum Gasteiger partial charge on any atom is -0.384 e. The average Bonchev–Trinajstić information content (AvgIpc) is 3.22. The molecular weight excluding hydrogens is 322 g/mol. The number of aliphatic hydroxyl groups is 1. The van der Waals surface area contributed by atoms with Crippen LogP contribution in [0.2, 0.25) is 0 Å². The Bertz CT molecular complexity index is 724. The van der Waals surface area contributed by atoms with E-state index in [1.54, 1.807) is 13.8 Å². The summed E-state index contributed by atoms with van der Waals surface area (Å²) in [4.78, 5) is 1.92. The zero-order valence-corrected chi connectivity index (χ0v) is 14.9. The average molecular weight is 345 g/mol. The number of thiophene rings is 1. The van der Waals surface area contributed by atoms with Crippen molar-refractivity contribution in [1.29, 1.82) is 5.26 Å². The summed E-state index contributed by atoms with van der Waals surface area (Å²) in [5.41, 5.74) is -0.371. The molecule has 2 aromatic rings. The summed E-state index contributed by atoms with van der Waals surface area (Å²) >= 11 is 1.53. The fourth-order valence-corrected chi connectivity index (χ4v) is 3.91. The third kappa shape index (κ3) is 3.83. The van der Waals surface area contributed by atoms with Gasteiger partial charge in [0.05, 0.1) is 12.2 Å². The third-order valence-corrected chi connectivity index (χ3v) is 5.51. The Morgan fingerprint density at radius 2 is 2.21 bits per heavy atom. The van der Waals surface area contributed by atoms with Gasteiger partial charge in [0.25, 0.3) is 0 Å². The van der Waals surface area contributed by atoms with Gasteiger partial charge in [-0.25, -0.2) is 4.68 Å². The van der Waals surface area contributed by atoms with Crippen LogP contribution in [0.25, 0.3) is 0 Å². The van der Waals surface area contributed by atoms with Gasteiger partial charge in [-0.2, -0.15) is 5.26 Å². The lowest BCUT2D eigenvalue weighted by molar-refractivity contribution is 0.0736. The highest BCUT2D eigenvalue weighted by molar-refractivity contribution is 7.12. The molecule has 1 fully saturated rings. The molecule has 0 aromatic carbocycles. The summed E-state index contributed by atoms with van der Waals surface area (Å²) in [6.07, 6.45) is 6.40. The molecule has 0 saturated heterocycles. The minimum absolute atomic E-state index is 0.248. The molecule has 3 rings (SSSR count). The molecule has 1 saturated carbocycles. The van der Waals surface area contributed by atoms with Crippen molar-refractivity contribution in [2.24, 2.45) is 0 Å². The lowest BCUT2D eigenvalue weighted by Gasteiger charge is -2.32. The van der Waals surface area contributed by atoms with Gasteiger partial charge in [-0.15, -0.1) is 16.4 Å². The van der Waals surface area contributed by atoms with Crippen LogP contribution in [-0.2, 0) is 12.1 Å². The van der Waals surface area contributed by atoms with Crippen LogP contribution in [-0.4, -0.2) is 26.1 Å². The number of hydrogen-bond acceptors (Lipinski definition) is 6. The van der Waals surface area contributed by atoms with Crippen LogP contribution in [0.1, 0.15) is 61.0 Å². The van der Waals surface area contributed by atoms with Gasteiger partial charge >= 0.3 is 0 Å². The van der Waals surface area contributed by atoms with Gasteiger partial charge in [-0.3, -0.25) is 0 Å². The highest BCUT2D eigenvalue weighted by Gasteiger charge is 2.29. The van der Waals surface area contributed by atoms with Crippen molar-refractivity contribution in [2.45, 2.75) is 63.8 Å². The van der Waals surface area contributed by atoms with Crippen LogP contribution in [0.15, 0.2) is 18.3 Å². The van der Waals surface area contributed by atoms with Gasteiger partial charge in [-0.1, -0.05) is 18.1 Å². The van der Waals surface area contributed by atoms with Crippen LogP contribution in [0.4, 0.5) is 0 Å².